The molecule has 272 valence electrons. The lowest BCUT2D eigenvalue weighted by Gasteiger charge is -2.20. The van der Waals surface area contributed by atoms with Crippen LogP contribution in [0.3, 0.4) is 0 Å². The van der Waals surface area contributed by atoms with Crippen LogP contribution in [0.15, 0.2) is 24.3 Å². The maximum atomic E-state index is 12.3. The van der Waals surface area contributed by atoms with Crippen LogP contribution < -0.4 is 5.32 Å². The van der Waals surface area contributed by atoms with Crippen molar-refractivity contribution < 1.29 is 15.0 Å². The van der Waals surface area contributed by atoms with Gasteiger partial charge in [0.15, 0.2) is 0 Å². The van der Waals surface area contributed by atoms with Crippen LogP contribution in [0.25, 0.3) is 0 Å². The molecule has 4 heteroatoms. The van der Waals surface area contributed by atoms with Crippen LogP contribution in [0.4, 0.5) is 0 Å². The molecule has 0 aromatic carbocycles. The Morgan fingerprint density at radius 1 is 0.500 bits per heavy atom. The van der Waals surface area contributed by atoms with Gasteiger partial charge in [0, 0.05) is 6.42 Å². The van der Waals surface area contributed by atoms with Crippen molar-refractivity contribution >= 4 is 5.91 Å². The minimum Gasteiger partial charge on any atom is -0.394 e. The molecular weight excluding hydrogens is 566 g/mol. The molecule has 0 aliphatic carbocycles. The normalized spacial score (nSPS) is 13.2. The van der Waals surface area contributed by atoms with Gasteiger partial charge in [-0.15, -0.1) is 0 Å². The molecule has 0 radical (unpaired) electrons. The lowest BCUT2D eigenvalue weighted by Crippen LogP contribution is -2.45. The fourth-order valence-corrected chi connectivity index (χ4v) is 6.23. The summed E-state index contributed by atoms with van der Waals surface area (Å²) < 4.78 is 0. The van der Waals surface area contributed by atoms with Gasteiger partial charge in [-0.05, 0) is 44.9 Å². The van der Waals surface area contributed by atoms with Gasteiger partial charge in [0.25, 0.3) is 0 Å². The molecule has 4 nitrogen and oxygen atoms in total. The van der Waals surface area contributed by atoms with E-state index in [1.807, 2.05) is 6.08 Å². The summed E-state index contributed by atoms with van der Waals surface area (Å²) in [6, 6.07) is -0.618. The standard InChI is InChI=1S/C42H81NO3/c1-3-5-7-9-11-13-15-17-18-19-20-21-22-23-24-26-28-30-32-34-36-38-42(46)43-40(39-44)41(45)37-35-33-31-29-27-25-16-14-12-10-8-6-4-2/h17-18,35,37,40-41,44-45H,3-16,19-34,36,38-39H2,1-2H3,(H,43,46)/b18-17-,37-35+. The van der Waals surface area contributed by atoms with Gasteiger partial charge in [-0.3, -0.25) is 4.79 Å². The number of amides is 1. The van der Waals surface area contributed by atoms with Gasteiger partial charge in [-0.2, -0.15) is 0 Å². The highest BCUT2D eigenvalue weighted by Gasteiger charge is 2.17. The van der Waals surface area contributed by atoms with Gasteiger partial charge in [0.2, 0.25) is 5.91 Å². The number of allylic oxidation sites excluding steroid dienone is 3. The molecule has 0 saturated carbocycles. The first-order valence-electron chi connectivity index (χ1n) is 20.6. The molecule has 0 saturated heterocycles. The summed E-state index contributed by atoms with van der Waals surface area (Å²) >= 11 is 0. The van der Waals surface area contributed by atoms with E-state index in [1.54, 1.807) is 6.08 Å². The zero-order valence-electron chi connectivity index (χ0n) is 31.1. The SMILES string of the molecule is CCCCCCCC/C=C\CCCCCCCCCCCCCC(=O)NC(CO)C(O)/C=C/CCCCCCCCCCCCC. The number of aliphatic hydroxyl groups is 2. The quantitative estimate of drug-likeness (QED) is 0.0464. The second-order valence-electron chi connectivity index (χ2n) is 14.1. The molecule has 0 aromatic heterocycles. The van der Waals surface area contributed by atoms with Crippen molar-refractivity contribution in [2.45, 2.75) is 231 Å². The summed E-state index contributed by atoms with van der Waals surface area (Å²) in [5.41, 5.74) is 0. The fraction of sp³-hybridized carbons (Fsp3) is 0.881. The van der Waals surface area contributed by atoms with E-state index < -0.39 is 12.1 Å². The minimum atomic E-state index is -0.835. The largest absolute Gasteiger partial charge is 0.394 e. The summed E-state index contributed by atoms with van der Waals surface area (Å²) in [6.45, 7) is 4.30. The van der Waals surface area contributed by atoms with Crippen molar-refractivity contribution in [2.75, 3.05) is 6.61 Å². The van der Waals surface area contributed by atoms with Crippen LogP contribution in [0, 0.1) is 0 Å². The Labute approximate surface area is 288 Å². The highest BCUT2D eigenvalue weighted by molar-refractivity contribution is 5.76. The predicted molar refractivity (Wildman–Crippen MR) is 202 cm³/mol. The van der Waals surface area contributed by atoms with Crippen molar-refractivity contribution in [2.24, 2.45) is 0 Å². The predicted octanol–water partition coefficient (Wildman–Crippen LogP) is 12.5. The monoisotopic (exact) mass is 648 g/mol. The topological polar surface area (TPSA) is 69.6 Å². The third-order valence-corrected chi connectivity index (χ3v) is 9.43. The van der Waals surface area contributed by atoms with E-state index in [4.69, 9.17) is 0 Å². The summed E-state index contributed by atoms with van der Waals surface area (Å²) in [5, 5.41) is 22.9. The lowest BCUT2D eigenvalue weighted by molar-refractivity contribution is -0.123. The average Bonchev–Trinajstić information content (AvgIpc) is 3.06. The smallest absolute Gasteiger partial charge is 0.220 e. The zero-order chi connectivity index (χ0) is 33.6. The Morgan fingerprint density at radius 3 is 1.20 bits per heavy atom. The number of hydrogen-bond acceptors (Lipinski definition) is 3. The second-order valence-corrected chi connectivity index (χ2v) is 14.1. The summed E-state index contributed by atoms with van der Waals surface area (Å²) in [7, 11) is 0. The van der Waals surface area contributed by atoms with Gasteiger partial charge < -0.3 is 15.5 Å². The molecule has 0 aliphatic heterocycles. The number of unbranched alkanes of at least 4 members (excludes halogenated alkanes) is 28. The molecule has 2 atom stereocenters. The number of hydrogen-bond donors (Lipinski definition) is 3. The van der Waals surface area contributed by atoms with E-state index in [9.17, 15) is 15.0 Å². The van der Waals surface area contributed by atoms with E-state index in [1.165, 1.54) is 173 Å². The van der Waals surface area contributed by atoms with Crippen LogP contribution in [0.5, 0.6) is 0 Å². The van der Waals surface area contributed by atoms with Gasteiger partial charge in [-0.25, -0.2) is 0 Å². The number of aliphatic hydroxyl groups excluding tert-OH is 2. The van der Waals surface area contributed by atoms with Gasteiger partial charge in [0.05, 0.1) is 18.8 Å². The highest BCUT2D eigenvalue weighted by Crippen LogP contribution is 2.14. The van der Waals surface area contributed by atoms with E-state index in [-0.39, 0.29) is 12.5 Å². The maximum absolute atomic E-state index is 12.3. The fourth-order valence-electron chi connectivity index (χ4n) is 6.23. The molecule has 0 aromatic rings. The molecule has 3 N–H and O–H groups in total. The first-order valence-corrected chi connectivity index (χ1v) is 20.6. The van der Waals surface area contributed by atoms with E-state index in [0.29, 0.717) is 6.42 Å². The maximum Gasteiger partial charge on any atom is 0.220 e. The minimum absolute atomic E-state index is 0.0647. The number of carbonyl (C=O) groups excluding carboxylic acids is 1. The Kier molecular flexibility index (Phi) is 37.4. The van der Waals surface area contributed by atoms with Crippen LogP contribution >= 0.6 is 0 Å². The van der Waals surface area contributed by atoms with Gasteiger partial charge >= 0.3 is 0 Å². The Morgan fingerprint density at radius 2 is 0.826 bits per heavy atom. The molecule has 0 heterocycles. The number of rotatable bonds is 37. The molecule has 46 heavy (non-hydrogen) atoms. The zero-order valence-corrected chi connectivity index (χ0v) is 31.1. The molecular formula is C42H81NO3. The van der Waals surface area contributed by atoms with Crippen LogP contribution in [-0.2, 0) is 4.79 Å². The lowest BCUT2D eigenvalue weighted by atomic mass is 10.0. The van der Waals surface area contributed by atoms with Crippen molar-refractivity contribution in [3.8, 4) is 0 Å². The van der Waals surface area contributed by atoms with E-state index in [2.05, 4.69) is 31.3 Å². The Bertz CT molecular complexity index is 661. The summed E-state index contributed by atoms with van der Waals surface area (Å²) in [4.78, 5) is 12.3. The van der Waals surface area contributed by atoms with Crippen molar-refractivity contribution in [1.82, 2.24) is 5.32 Å². The molecule has 1 amide bonds. The van der Waals surface area contributed by atoms with E-state index in [0.717, 1.165) is 25.7 Å². The molecule has 0 rings (SSSR count). The molecule has 0 spiro atoms. The van der Waals surface area contributed by atoms with E-state index >= 15 is 0 Å². The molecule has 2 unspecified atom stereocenters. The van der Waals surface area contributed by atoms with Crippen molar-refractivity contribution in [1.29, 1.82) is 0 Å². The second kappa shape index (κ2) is 38.3. The van der Waals surface area contributed by atoms with Crippen LogP contribution in [-0.4, -0.2) is 34.9 Å². The average molecular weight is 648 g/mol. The van der Waals surface area contributed by atoms with Gasteiger partial charge in [-0.1, -0.05) is 192 Å². The first-order chi connectivity index (χ1) is 22.7. The number of carbonyl (C=O) groups is 1. The van der Waals surface area contributed by atoms with Crippen molar-refractivity contribution in [3.05, 3.63) is 24.3 Å². The van der Waals surface area contributed by atoms with Gasteiger partial charge in [0.1, 0.15) is 0 Å². The molecule has 0 bridgehead atoms. The number of nitrogens with one attached hydrogen (secondary N) is 1. The van der Waals surface area contributed by atoms with Crippen LogP contribution in [0.1, 0.15) is 219 Å². The third kappa shape index (κ3) is 34.2. The summed E-state index contributed by atoms with van der Waals surface area (Å²) in [6.07, 6.45) is 48.4. The third-order valence-electron chi connectivity index (χ3n) is 9.43. The molecule has 0 fully saturated rings. The molecule has 0 aliphatic rings. The van der Waals surface area contributed by atoms with Crippen LogP contribution in [0.2, 0.25) is 0 Å². The Balaban J connectivity index is 3.55. The van der Waals surface area contributed by atoms with Crippen molar-refractivity contribution in [3.63, 3.8) is 0 Å². The highest BCUT2D eigenvalue weighted by atomic mass is 16.3. The Hall–Kier alpha value is -1.13. The summed E-state index contributed by atoms with van der Waals surface area (Å²) in [5.74, 6) is -0.0647. The first kappa shape index (κ1) is 44.9.